The van der Waals surface area contributed by atoms with Crippen LogP contribution >= 0.6 is 15.9 Å². The van der Waals surface area contributed by atoms with Crippen molar-refractivity contribution in [1.29, 1.82) is 0 Å². The quantitative estimate of drug-likeness (QED) is 0.596. The summed E-state index contributed by atoms with van der Waals surface area (Å²) in [7, 11) is 0. The van der Waals surface area contributed by atoms with E-state index in [1.807, 2.05) is 54.6 Å². The average molecular weight is 453 g/mol. The molecule has 0 saturated carbocycles. The number of hydrogen-bond acceptors (Lipinski definition) is 5. The van der Waals surface area contributed by atoms with E-state index >= 15 is 0 Å². The van der Waals surface area contributed by atoms with Crippen LogP contribution in [0.25, 0.3) is 0 Å². The molecule has 1 fully saturated rings. The molecule has 0 radical (unpaired) electrons. The second-order valence-corrected chi connectivity index (χ2v) is 7.80. The Morgan fingerprint density at radius 1 is 1.10 bits per heavy atom. The van der Waals surface area contributed by atoms with Crippen LogP contribution in [0.3, 0.4) is 0 Å². The van der Waals surface area contributed by atoms with E-state index in [1.54, 1.807) is 12.4 Å². The maximum Gasteiger partial charge on any atom is 0.263 e. The zero-order chi connectivity index (χ0) is 20.1. The highest BCUT2D eigenvalue weighted by molar-refractivity contribution is 9.10. The SMILES string of the molecule is O=C(Nc1cccc(Br)c1)C1CCCN(c2nccnc2Oc2ccccc2)C1. The minimum absolute atomic E-state index is 0.0159. The number of piperidine rings is 1. The highest BCUT2D eigenvalue weighted by atomic mass is 79.9. The minimum Gasteiger partial charge on any atom is -0.436 e. The van der Waals surface area contributed by atoms with Crippen LogP contribution in [-0.2, 0) is 4.79 Å². The van der Waals surface area contributed by atoms with Gasteiger partial charge in [-0.25, -0.2) is 9.97 Å². The Morgan fingerprint density at radius 3 is 2.76 bits per heavy atom. The zero-order valence-corrected chi connectivity index (χ0v) is 17.4. The Labute approximate surface area is 178 Å². The van der Waals surface area contributed by atoms with Gasteiger partial charge in [-0.1, -0.05) is 40.2 Å². The molecule has 0 spiro atoms. The number of nitrogens with zero attached hydrogens (tertiary/aromatic N) is 3. The van der Waals surface area contributed by atoms with E-state index in [4.69, 9.17) is 4.74 Å². The van der Waals surface area contributed by atoms with Crippen LogP contribution in [0.2, 0.25) is 0 Å². The highest BCUT2D eigenvalue weighted by Gasteiger charge is 2.28. The van der Waals surface area contributed by atoms with E-state index in [-0.39, 0.29) is 11.8 Å². The molecule has 6 nitrogen and oxygen atoms in total. The smallest absolute Gasteiger partial charge is 0.263 e. The summed E-state index contributed by atoms with van der Waals surface area (Å²) in [5.41, 5.74) is 0.786. The number of carbonyl (C=O) groups is 1. The number of hydrogen-bond donors (Lipinski definition) is 1. The van der Waals surface area contributed by atoms with Crippen molar-refractivity contribution in [2.24, 2.45) is 5.92 Å². The molecule has 1 amide bonds. The van der Waals surface area contributed by atoms with Crippen molar-refractivity contribution in [1.82, 2.24) is 9.97 Å². The maximum atomic E-state index is 12.8. The van der Waals surface area contributed by atoms with Crippen LogP contribution in [0, 0.1) is 5.92 Å². The summed E-state index contributed by atoms with van der Waals surface area (Å²) < 4.78 is 6.88. The van der Waals surface area contributed by atoms with Gasteiger partial charge in [0, 0.05) is 35.6 Å². The van der Waals surface area contributed by atoms with Crippen LogP contribution in [0.4, 0.5) is 11.5 Å². The van der Waals surface area contributed by atoms with Crippen molar-refractivity contribution < 1.29 is 9.53 Å². The number of benzene rings is 2. The molecule has 1 saturated heterocycles. The van der Waals surface area contributed by atoms with Gasteiger partial charge in [-0.05, 0) is 43.2 Å². The molecular formula is C22H21BrN4O2. The number of carbonyl (C=O) groups excluding carboxylic acids is 1. The van der Waals surface area contributed by atoms with Crippen LogP contribution in [0.15, 0.2) is 71.5 Å². The second-order valence-electron chi connectivity index (χ2n) is 6.88. The Hall–Kier alpha value is -2.93. The summed E-state index contributed by atoms with van der Waals surface area (Å²) in [6.07, 6.45) is 5.00. The van der Waals surface area contributed by atoms with Crippen LogP contribution in [0.5, 0.6) is 11.6 Å². The van der Waals surface area contributed by atoms with Gasteiger partial charge in [0.2, 0.25) is 5.91 Å². The summed E-state index contributed by atoms with van der Waals surface area (Å²) in [5, 5.41) is 3.02. The van der Waals surface area contributed by atoms with Crippen molar-refractivity contribution in [2.75, 3.05) is 23.3 Å². The summed E-state index contributed by atoms with van der Waals surface area (Å²) in [4.78, 5) is 23.7. The highest BCUT2D eigenvalue weighted by Crippen LogP contribution is 2.31. The van der Waals surface area contributed by atoms with Crippen LogP contribution in [-0.4, -0.2) is 29.0 Å². The van der Waals surface area contributed by atoms with Gasteiger partial charge in [0.05, 0.1) is 5.92 Å². The van der Waals surface area contributed by atoms with Gasteiger partial charge in [-0.15, -0.1) is 0 Å². The standard InChI is InChI=1S/C22H21BrN4O2/c23-17-7-4-8-18(14-17)26-21(28)16-6-5-13-27(15-16)20-22(25-12-11-24-20)29-19-9-2-1-3-10-19/h1-4,7-12,14,16H,5-6,13,15H2,(H,26,28). The number of para-hydroxylation sites is 1. The third kappa shape index (κ3) is 4.92. The molecule has 1 unspecified atom stereocenters. The van der Waals surface area contributed by atoms with Crippen molar-refractivity contribution >= 4 is 33.3 Å². The number of halogens is 1. The van der Waals surface area contributed by atoms with Crippen molar-refractivity contribution in [3.05, 3.63) is 71.5 Å². The molecule has 29 heavy (non-hydrogen) atoms. The van der Waals surface area contributed by atoms with Gasteiger partial charge >= 0.3 is 0 Å². The van der Waals surface area contributed by atoms with E-state index in [0.29, 0.717) is 24.0 Å². The van der Waals surface area contributed by atoms with E-state index in [2.05, 4.69) is 36.1 Å². The fraction of sp³-hybridized carbons (Fsp3) is 0.227. The molecule has 3 aromatic rings. The van der Waals surface area contributed by atoms with E-state index in [9.17, 15) is 4.79 Å². The average Bonchev–Trinajstić information content (AvgIpc) is 2.75. The molecular weight excluding hydrogens is 432 g/mol. The van der Waals surface area contributed by atoms with Crippen molar-refractivity contribution in [3.8, 4) is 11.6 Å². The first-order chi connectivity index (χ1) is 14.2. The molecule has 148 valence electrons. The molecule has 1 aliphatic rings. The minimum atomic E-state index is -0.130. The third-order valence-corrected chi connectivity index (χ3v) is 5.28. The molecule has 1 aromatic heterocycles. The van der Waals surface area contributed by atoms with Gasteiger partial charge in [0.25, 0.3) is 5.88 Å². The Kier molecular flexibility index (Phi) is 6.05. The van der Waals surface area contributed by atoms with Gasteiger partial charge in [0.1, 0.15) is 5.75 Å². The molecule has 0 aliphatic carbocycles. The molecule has 4 rings (SSSR count). The first-order valence-electron chi connectivity index (χ1n) is 9.54. The number of nitrogens with one attached hydrogen (secondary N) is 1. The van der Waals surface area contributed by atoms with Crippen LogP contribution < -0.4 is 15.0 Å². The predicted octanol–water partition coefficient (Wildman–Crippen LogP) is 4.89. The van der Waals surface area contributed by atoms with Gasteiger partial charge < -0.3 is 15.0 Å². The topological polar surface area (TPSA) is 67.4 Å². The number of amides is 1. The number of aromatic nitrogens is 2. The summed E-state index contributed by atoms with van der Waals surface area (Å²) in [5.74, 6) is 1.70. The lowest BCUT2D eigenvalue weighted by atomic mass is 9.97. The lowest BCUT2D eigenvalue weighted by molar-refractivity contribution is -0.120. The molecule has 1 N–H and O–H groups in total. The fourth-order valence-corrected chi connectivity index (χ4v) is 3.80. The molecule has 2 heterocycles. The molecule has 2 aromatic carbocycles. The number of anilines is 2. The Bertz CT molecular complexity index is 983. The summed E-state index contributed by atoms with van der Waals surface area (Å²) in [6.45, 7) is 1.38. The number of rotatable bonds is 5. The maximum absolute atomic E-state index is 12.8. The van der Waals surface area contributed by atoms with Crippen molar-refractivity contribution in [3.63, 3.8) is 0 Å². The second kappa shape index (κ2) is 9.05. The van der Waals surface area contributed by atoms with Crippen molar-refractivity contribution in [2.45, 2.75) is 12.8 Å². The van der Waals surface area contributed by atoms with Gasteiger partial charge in [0.15, 0.2) is 5.82 Å². The first kappa shape index (κ1) is 19.4. The first-order valence-corrected chi connectivity index (χ1v) is 10.3. The monoisotopic (exact) mass is 452 g/mol. The number of ether oxygens (including phenoxy) is 1. The van der Waals surface area contributed by atoms with Gasteiger partial charge in [-0.2, -0.15) is 0 Å². The largest absolute Gasteiger partial charge is 0.436 e. The normalized spacial score (nSPS) is 16.3. The summed E-state index contributed by atoms with van der Waals surface area (Å²) >= 11 is 3.43. The fourth-order valence-electron chi connectivity index (χ4n) is 3.40. The molecule has 1 atom stereocenters. The van der Waals surface area contributed by atoms with Crippen LogP contribution in [0.1, 0.15) is 12.8 Å². The Morgan fingerprint density at radius 2 is 1.93 bits per heavy atom. The van der Waals surface area contributed by atoms with E-state index in [1.165, 1.54) is 0 Å². The Balaban J connectivity index is 1.48. The summed E-state index contributed by atoms with van der Waals surface area (Å²) in [6, 6.07) is 17.1. The van der Waals surface area contributed by atoms with E-state index < -0.39 is 0 Å². The van der Waals surface area contributed by atoms with E-state index in [0.717, 1.165) is 29.5 Å². The lowest BCUT2D eigenvalue weighted by Crippen LogP contribution is -2.41. The zero-order valence-electron chi connectivity index (χ0n) is 15.8. The molecule has 7 heteroatoms. The lowest BCUT2D eigenvalue weighted by Gasteiger charge is -2.33. The molecule has 1 aliphatic heterocycles. The van der Waals surface area contributed by atoms with Gasteiger partial charge in [-0.3, -0.25) is 4.79 Å². The third-order valence-electron chi connectivity index (χ3n) is 4.79. The predicted molar refractivity (Wildman–Crippen MR) is 116 cm³/mol. The molecule has 0 bridgehead atoms.